The van der Waals surface area contributed by atoms with E-state index in [0.717, 1.165) is 44.2 Å². The first-order chi connectivity index (χ1) is 39.1. The highest BCUT2D eigenvalue weighted by atomic mass is 15.0. The molecule has 0 aliphatic heterocycles. The number of hydrogen-bond acceptors (Lipinski definition) is 0. The van der Waals surface area contributed by atoms with Crippen molar-refractivity contribution in [1.29, 1.82) is 0 Å². The van der Waals surface area contributed by atoms with Crippen molar-refractivity contribution in [1.82, 2.24) is 9.13 Å². The van der Waals surface area contributed by atoms with Crippen LogP contribution >= 0.6 is 0 Å². The smallest absolute Gasteiger partial charge is 0.0541 e. The minimum atomic E-state index is 0.321. The lowest BCUT2D eigenvalue weighted by Crippen LogP contribution is -2.24. The predicted octanol–water partition coefficient (Wildman–Crippen LogP) is 21.3. The molecule has 1 saturated carbocycles. The molecule has 3 atom stereocenters. The molecule has 1 aliphatic carbocycles. The number of rotatable bonds is 10. The van der Waals surface area contributed by atoms with Gasteiger partial charge in [-0.1, -0.05) is 220 Å². The second kappa shape index (κ2) is 19.5. The van der Waals surface area contributed by atoms with Crippen molar-refractivity contribution in [2.45, 2.75) is 70.3 Å². The zero-order chi connectivity index (χ0) is 52.6. The highest BCUT2D eigenvalue weighted by Gasteiger charge is 2.36. The lowest BCUT2D eigenvalue weighted by atomic mass is 9.69. The SMILES string of the molecule is CCCCc1c(C)c(C2CC(c3ccccc3)CC(n3c4ccccc4c4ccccc43)C2)c2ccccc2c1-c1c2ccccc2c(-c2cc(-c3ccccc3)cc(-n3c4ccccc4c4ccccc43)c2)c2ccccc12. The summed E-state index contributed by atoms with van der Waals surface area (Å²) in [5, 5.41) is 13.1. The van der Waals surface area contributed by atoms with Gasteiger partial charge in [-0.05, 0) is 181 Å². The van der Waals surface area contributed by atoms with Gasteiger partial charge < -0.3 is 9.13 Å². The van der Waals surface area contributed by atoms with Crippen LogP contribution in [0, 0.1) is 6.92 Å². The van der Waals surface area contributed by atoms with E-state index >= 15 is 0 Å². The quantitative estimate of drug-likeness (QED) is 0.121. The Hall–Kier alpha value is -8.98. The molecule has 0 spiro atoms. The van der Waals surface area contributed by atoms with Gasteiger partial charge in [0, 0.05) is 44.3 Å². The number of nitrogens with zero attached hydrogens (tertiary/aromatic N) is 2. The number of fused-ring (bicyclic) bond motifs is 9. The zero-order valence-corrected chi connectivity index (χ0v) is 45.0. The van der Waals surface area contributed by atoms with Gasteiger partial charge in [0.1, 0.15) is 0 Å². The van der Waals surface area contributed by atoms with Crippen LogP contribution in [-0.2, 0) is 6.42 Å². The summed E-state index contributed by atoms with van der Waals surface area (Å²) in [5.41, 5.74) is 19.9. The first-order valence-electron chi connectivity index (χ1n) is 28.8. The second-order valence-corrected chi connectivity index (χ2v) is 22.5. The Balaban J connectivity index is 0.971. The number of unbranched alkanes of at least 4 members (excludes halogenated alkanes) is 1. The van der Waals surface area contributed by atoms with Crippen molar-refractivity contribution < 1.29 is 0 Å². The summed E-state index contributed by atoms with van der Waals surface area (Å²) in [7, 11) is 0. The van der Waals surface area contributed by atoms with Crippen LogP contribution in [0.15, 0.2) is 249 Å². The summed E-state index contributed by atoms with van der Waals surface area (Å²) in [5.74, 6) is 0.762. The summed E-state index contributed by atoms with van der Waals surface area (Å²) in [6.07, 6.45) is 6.59. The number of aromatic nitrogens is 2. The molecule has 2 aromatic heterocycles. The Kier molecular flexibility index (Phi) is 11.7. The highest BCUT2D eigenvalue weighted by molar-refractivity contribution is 6.24. The third-order valence-electron chi connectivity index (χ3n) is 18.1. The molecule has 2 nitrogen and oxygen atoms in total. The van der Waals surface area contributed by atoms with Crippen LogP contribution in [0.4, 0.5) is 0 Å². The van der Waals surface area contributed by atoms with Crippen LogP contribution in [-0.4, -0.2) is 9.13 Å². The van der Waals surface area contributed by atoms with Gasteiger partial charge >= 0.3 is 0 Å². The monoisotopic (exact) mass is 1010 g/mol. The molecular formula is C77H62N2. The molecule has 1 fully saturated rings. The largest absolute Gasteiger partial charge is 0.337 e. The summed E-state index contributed by atoms with van der Waals surface area (Å²) >= 11 is 0. The molecule has 15 rings (SSSR count). The molecule has 380 valence electrons. The van der Waals surface area contributed by atoms with Gasteiger partial charge in [0.25, 0.3) is 0 Å². The molecule has 79 heavy (non-hydrogen) atoms. The lowest BCUT2D eigenvalue weighted by molar-refractivity contribution is 0.298. The third kappa shape index (κ3) is 7.75. The first-order valence-corrected chi connectivity index (χ1v) is 28.8. The van der Waals surface area contributed by atoms with E-state index in [0.29, 0.717) is 17.9 Å². The Morgan fingerprint density at radius 3 is 1.35 bits per heavy atom. The summed E-state index contributed by atoms with van der Waals surface area (Å²) < 4.78 is 5.22. The van der Waals surface area contributed by atoms with Gasteiger partial charge in [-0.2, -0.15) is 0 Å². The van der Waals surface area contributed by atoms with Gasteiger partial charge in [0.2, 0.25) is 0 Å². The average molecular weight is 1020 g/mol. The van der Waals surface area contributed by atoms with Crippen LogP contribution in [0.5, 0.6) is 0 Å². The molecule has 0 N–H and O–H groups in total. The molecule has 2 heterocycles. The highest BCUT2D eigenvalue weighted by Crippen LogP contribution is 2.54. The molecular weight excluding hydrogens is 953 g/mol. The summed E-state index contributed by atoms with van der Waals surface area (Å²) in [6, 6.07) is 94.2. The third-order valence-corrected chi connectivity index (χ3v) is 18.1. The second-order valence-electron chi connectivity index (χ2n) is 22.5. The van der Waals surface area contributed by atoms with E-state index in [2.05, 4.69) is 272 Å². The molecule has 12 aromatic carbocycles. The number of para-hydroxylation sites is 4. The van der Waals surface area contributed by atoms with Crippen LogP contribution in [0.2, 0.25) is 0 Å². The van der Waals surface area contributed by atoms with Crippen LogP contribution < -0.4 is 0 Å². The van der Waals surface area contributed by atoms with Gasteiger partial charge in [0.15, 0.2) is 0 Å². The minimum Gasteiger partial charge on any atom is -0.337 e. The maximum atomic E-state index is 2.73. The maximum absolute atomic E-state index is 2.73. The molecule has 0 radical (unpaired) electrons. The van der Waals surface area contributed by atoms with Crippen LogP contribution in [0.1, 0.15) is 79.2 Å². The van der Waals surface area contributed by atoms with Crippen molar-refractivity contribution in [2.75, 3.05) is 0 Å². The average Bonchev–Trinajstić information content (AvgIpc) is 4.18. The maximum Gasteiger partial charge on any atom is 0.0541 e. The van der Waals surface area contributed by atoms with Crippen molar-refractivity contribution in [2.24, 2.45) is 0 Å². The zero-order valence-electron chi connectivity index (χ0n) is 45.0. The lowest BCUT2D eigenvalue weighted by Gasteiger charge is -2.39. The fraction of sp³-hybridized carbons (Fsp3) is 0.143. The number of hydrogen-bond donors (Lipinski definition) is 0. The molecule has 0 amide bonds. The molecule has 0 bridgehead atoms. The predicted molar refractivity (Wildman–Crippen MR) is 337 cm³/mol. The van der Waals surface area contributed by atoms with E-state index in [-0.39, 0.29) is 0 Å². The van der Waals surface area contributed by atoms with Crippen LogP contribution in [0.25, 0.3) is 115 Å². The first kappa shape index (κ1) is 47.3. The minimum absolute atomic E-state index is 0.321. The fourth-order valence-electron chi connectivity index (χ4n) is 14.8. The molecule has 2 heteroatoms. The summed E-state index contributed by atoms with van der Waals surface area (Å²) in [6.45, 7) is 4.86. The van der Waals surface area contributed by atoms with E-state index in [1.807, 2.05) is 0 Å². The summed E-state index contributed by atoms with van der Waals surface area (Å²) in [4.78, 5) is 0. The van der Waals surface area contributed by atoms with Crippen molar-refractivity contribution in [3.63, 3.8) is 0 Å². The molecule has 1 aliphatic rings. The Morgan fingerprint density at radius 2 is 0.797 bits per heavy atom. The molecule has 0 saturated heterocycles. The van der Waals surface area contributed by atoms with Crippen molar-refractivity contribution in [3.8, 4) is 39.1 Å². The van der Waals surface area contributed by atoms with E-state index in [1.165, 1.54) is 126 Å². The van der Waals surface area contributed by atoms with Gasteiger partial charge in [0.05, 0.1) is 11.0 Å². The van der Waals surface area contributed by atoms with E-state index in [9.17, 15) is 0 Å². The fourth-order valence-corrected chi connectivity index (χ4v) is 14.8. The van der Waals surface area contributed by atoms with E-state index < -0.39 is 0 Å². The van der Waals surface area contributed by atoms with Gasteiger partial charge in [-0.15, -0.1) is 0 Å². The van der Waals surface area contributed by atoms with Crippen molar-refractivity contribution in [3.05, 3.63) is 271 Å². The normalized spacial score (nSPS) is 15.8. The van der Waals surface area contributed by atoms with Gasteiger partial charge in [-0.3, -0.25) is 0 Å². The topological polar surface area (TPSA) is 9.86 Å². The standard InChI is InChI=1S/C77H62N2/c1-3-4-29-59-50(2)74(55-44-53(51-25-7-5-8-26-51)46-57(48-55)78-70-40-21-17-30-60(70)61-31-18-22-41-71(61)78)64-34-11-14-37-67(64)76(59)77-68-38-15-12-35-65(68)75(66-36-13-16-39-69(66)77)56-45-54(52-27-9-6-10-28-52)47-58(49-56)79-72-42-23-19-32-62(72)63-33-20-24-43-73(63)79/h5-28,30-43,45,47,49,53,55,57H,3-4,29,44,46,48H2,1-2H3. The Labute approximate surface area is 462 Å². The molecule has 3 unspecified atom stereocenters. The Morgan fingerprint density at radius 1 is 0.367 bits per heavy atom. The van der Waals surface area contributed by atoms with Crippen molar-refractivity contribution >= 4 is 75.9 Å². The van der Waals surface area contributed by atoms with Crippen LogP contribution in [0.3, 0.4) is 0 Å². The van der Waals surface area contributed by atoms with E-state index in [4.69, 9.17) is 0 Å². The van der Waals surface area contributed by atoms with E-state index in [1.54, 1.807) is 5.56 Å². The van der Waals surface area contributed by atoms with Gasteiger partial charge in [-0.25, -0.2) is 0 Å². The Bertz CT molecular complexity index is 4490. The molecule has 14 aromatic rings. The number of benzene rings is 12.